The van der Waals surface area contributed by atoms with E-state index in [1.54, 1.807) is 25.3 Å². The second-order valence-corrected chi connectivity index (χ2v) is 7.10. The normalized spacial score (nSPS) is 10.6. The molecule has 0 aliphatic rings. The van der Waals surface area contributed by atoms with Crippen LogP contribution < -0.4 is 15.8 Å². The van der Waals surface area contributed by atoms with Gasteiger partial charge in [0.05, 0.1) is 17.9 Å². The molecule has 0 fully saturated rings. The summed E-state index contributed by atoms with van der Waals surface area (Å²) in [7, 11) is 1.59. The van der Waals surface area contributed by atoms with Gasteiger partial charge in [-0.05, 0) is 66.9 Å². The van der Waals surface area contributed by atoms with E-state index < -0.39 is 0 Å². The molecule has 0 atom stereocenters. The van der Waals surface area contributed by atoms with Gasteiger partial charge in [0.2, 0.25) is 0 Å². The summed E-state index contributed by atoms with van der Waals surface area (Å²) >= 11 is 0. The number of amides is 1. The number of carbonyl (C=O) groups excluding carboxylic acids is 1. The van der Waals surface area contributed by atoms with E-state index >= 15 is 0 Å². The lowest BCUT2D eigenvalue weighted by atomic mass is 10.1. The van der Waals surface area contributed by atoms with Crippen molar-refractivity contribution in [1.82, 2.24) is 4.98 Å². The number of nitrogen functional groups attached to an aromatic ring is 1. The van der Waals surface area contributed by atoms with E-state index in [0.29, 0.717) is 23.6 Å². The Bertz CT molecular complexity index is 1020. The molecule has 0 spiro atoms. The van der Waals surface area contributed by atoms with E-state index in [4.69, 9.17) is 15.2 Å². The molecule has 1 heterocycles. The van der Waals surface area contributed by atoms with Crippen LogP contribution in [0.4, 0.5) is 11.5 Å². The zero-order valence-corrected chi connectivity index (χ0v) is 17.6. The second-order valence-electron chi connectivity index (χ2n) is 7.10. The van der Waals surface area contributed by atoms with Gasteiger partial charge in [-0.25, -0.2) is 4.98 Å². The lowest BCUT2D eigenvalue weighted by Crippen LogP contribution is -2.16. The Morgan fingerprint density at radius 3 is 2.57 bits per heavy atom. The second kappa shape index (κ2) is 9.89. The highest BCUT2D eigenvalue weighted by molar-refractivity contribution is 6.07. The molecule has 0 unspecified atom stereocenters. The first kappa shape index (κ1) is 21.3. The summed E-state index contributed by atoms with van der Waals surface area (Å²) in [6.45, 7) is 4.37. The summed E-state index contributed by atoms with van der Waals surface area (Å²) < 4.78 is 11.0. The van der Waals surface area contributed by atoms with Crippen molar-refractivity contribution in [3.63, 3.8) is 0 Å². The lowest BCUT2D eigenvalue weighted by Gasteiger charge is -2.12. The molecule has 3 aromatic rings. The van der Waals surface area contributed by atoms with Gasteiger partial charge in [-0.15, -0.1) is 0 Å². The zero-order valence-electron chi connectivity index (χ0n) is 17.6. The van der Waals surface area contributed by atoms with Crippen LogP contribution in [0.1, 0.15) is 40.5 Å². The van der Waals surface area contributed by atoms with Crippen LogP contribution in [0, 0.1) is 6.92 Å². The molecular formula is C24H27N3O3. The summed E-state index contributed by atoms with van der Waals surface area (Å²) in [4.78, 5) is 16.9. The van der Waals surface area contributed by atoms with Crippen molar-refractivity contribution in [2.24, 2.45) is 0 Å². The number of pyridine rings is 1. The van der Waals surface area contributed by atoms with E-state index in [1.165, 1.54) is 5.56 Å². The lowest BCUT2D eigenvalue weighted by molar-refractivity contribution is 0.102. The monoisotopic (exact) mass is 405 g/mol. The fourth-order valence-electron chi connectivity index (χ4n) is 3.13. The zero-order chi connectivity index (χ0) is 21.5. The molecule has 2 aromatic carbocycles. The molecule has 6 heteroatoms. The average Bonchev–Trinajstić information content (AvgIpc) is 2.72. The minimum absolute atomic E-state index is 0.178. The van der Waals surface area contributed by atoms with Crippen molar-refractivity contribution < 1.29 is 14.3 Å². The van der Waals surface area contributed by atoms with Gasteiger partial charge in [0, 0.05) is 12.8 Å². The van der Waals surface area contributed by atoms with Crippen molar-refractivity contribution in [3.8, 4) is 11.5 Å². The van der Waals surface area contributed by atoms with E-state index in [2.05, 4.69) is 23.3 Å². The Kier molecular flexibility index (Phi) is 7.03. The summed E-state index contributed by atoms with van der Waals surface area (Å²) in [6.07, 6.45) is 2.11. The summed E-state index contributed by atoms with van der Waals surface area (Å²) in [6, 6.07) is 17.0. The van der Waals surface area contributed by atoms with E-state index in [0.717, 1.165) is 29.8 Å². The highest BCUT2D eigenvalue weighted by Gasteiger charge is 2.14. The van der Waals surface area contributed by atoms with Gasteiger partial charge in [-0.2, -0.15) is 0 Å². The molecule has 156 valence electrons. The predicted molar refractivity (Wildman–Crippen MR) is 119 cm³/mol. The Morgan fingerprint density at radius 1 is 1.10 bits per heavy atom. The molecule has 0 aliphatic heterocycles. The number of ether oxygens (including phenoxy) is 2. The van der Waals surface area contributed by atoms with Crippen LogP contribution >= 0.6 is 0 Å². The number of nitrogens with one attached hydrogen (secondary N) is 1. The van der Waals surface area contributed by atoms with Crippen molar-refractivity contribution in [3.05, 3.63) is 77.0 Å². The minimum Gasteiger partial charge on any atom is -0.457 e. The first-order chi connectivity index (χ1) is 14.5. The highest BCUT2D eigenvalue weighted by atomic mass is 16.5. The number of carbonyl (C=O) groups is 1. The Balaban J connectivity index is 1.68. The minimum atomic E-state index is -0.312. The molecule has 1 amide bonds. The topological polar surface area (TPSA) is 86.5 Å². The molecular weight excluding hydrogens is 378 g/mol. The number of benzene rings is 2. The first-order valence-electron chi connectivity index (χ1n) is 9.93. The fraction of sp³-hybridized carbons (Fsp3) is 0.250. The molecule has 0 bridgehead atoms. The number of aryl methyl sites for hydroxylation is 2. The Labute approximate surface area is 177 Å². The average molecular weight is 405 g/mol. The maximum atomic E-state index is 12.6. The number of nitrogens with two attached hydrogens (primary N) is 1. The molecule has 6 nitrogen and oxygen atoms in total. The van der Waals surface area contributed by atoms with Crippen LogP contribution in [-0.2, 0) is 17.8 Å². The third kappa shape index (κ3) is 5.36. The van der Waals surface area contributed by atoms with Crippen LogP contribution in [0.15, 0.2) is 54.6 Å². The van der Waals surface area contributed by atoms with E-state index in [-0.39, 0.29) is 11.7 Å². The standard InChI is InChI=1S/C24H27N3O3/c1-4-6-17-7-5-8-20(14-17)30-19-11-9-18(10-12-19)26-24(28)21-13-16(2)22(15-29-3)27-23(21)25/h5,7-14H,4,6,15H2,1-3H3,(H2,25,27)(H,26,28). The number of nitrogens with zero attached hydrogens (tertiary/aromatic N) is 1. The number of hydrogen-bond acceptors (Lipinski definition) is 5. The van der Waals surface area contributed by atoms with Gasteiger partial charge in [0.25, 0.3) is 5.91 Å². The van der Waals surface area contributed by atoms with Gasteiger partial charge in [0.1, 0.15) is 17.3 Å². The van der Waals surface area contributed by atoms with Crippen LogP contribution in [0.5, 0.6) is 11.5 Å². The van der Waals surface area contributed by atoms with Crippen molar-refractivity contribution in [1.29, 1.82) is 0 Å². The number of methoxy groups -OCH3 is 1. The smallest absolute Gasteiger partial charge is 0.259 e. The van der Waals surface area contributed by atoms with Crippen LogP contribution in [0.2, 0.25) is 0 Å². The third-order valence-corrected chi connectivity index (χ3v) is 4.66. The molecule has 0 saturated carbocycles. The summed E-state index contributed by atoms with van der Waals surface area (Å²) in [5.41, 5.74) is 9.77. The molecule has 30 heavy (non-hydrogen) atoms. The van der Waals surface area contributed by atoms with Gasteiger partial charge >= 0.3 is 0 Å². The highest BCUT2D eigenvalue weighted by Crippen LogP contribution is 2.25. The van der Waals surface area contributed by atoms with E-state index in [9.17, 15) is 4.79 Å². The molecule has 0 aliphatic carbocycles. The number of aromatic nitrogens is 1. The van der Waals surface area contributed by atoms with Gasteiger partial charge < -0.3 is 20.5 Å². The van der Waals surface area contributed by atoms with E-state index in [1.807, 2.05) is 37.3 Å². The van der Waals surface area contributed by atoms with Crippen LogP contribution in [-0.4, -0.2) is 18.0 Å². The fourth-order valence-corrected chi connectivity index (χ4v) is 3.13. The predicted octanol–water partition coefficient (Wildman–Crippen LogP) is 5.12. The van der Waals surface area contributed by atoms with Gasteiger partial charge in [-0.1, -0.05) is 25.5 Å². The number of anilines is 2. The molecule has 3 N–H and O–H groups in total. The molecule has 0 saturated heterocycles. The Morgan fingerprint density at radius 2 is 1.87 bits per heavy atom. The van der Waals surface area contributed by atoms with Crippen LogP contribution in [0.25, 0.3) is 0 Å². The van der Waals surface area contributed by atoms with Crippen LogP contribution in [0.3, 0.4) is 0 Å². The quantitative estimate of drug-likeness (QED) is 0.543. The summed E-state index contributed by atoms with van der Waals surface area (Å²) in [5.74, 6) is 1.36. The third-order valence-electron chi connectivity index (χ3n) is 4.66. The first-order valence-corrected chi connectivity index (χ1v) is 9.93. The molecule has 3 rings (SSSR count). The Hall–Kier alpha value is -3.38. The summed E-state index contributed by atoms with van der Waals surface area (Å²) in [5, 5.41) is 2.85. The number of hydrogen-bond donors (Lipinski definition) is 2. The number of rotatable bonds is 8. The maximum absolute atomic E-state index is 12.6. The van der Waals surface area contributed by atoms with Gasteiger partial charge in [0.15, 0.2) is 0 Å². The van der Waals surface area contributed by atoms with Crippen molar-refractivity contribution >= 4 is 17.4 Å². The SMILES string of the molecule is CCCc1cccc(Oc2ccc(NC(=O)c3cc(C)c(COC)nc3N)cc2)c1. The van der Waals surface area contributed by atoms with Crippen molar-refractivity contribution in [2.75, 3.05) is 18.2 Å². The van der Waals surface area contributed by atoms with Gasteiger partial charge in [-0.3, -0.25) is 4.79 Å². The van der Waals surface area contributed by atoms with Crippen molar-refractivity contribution in [2.45, 2.75) is 33.3 Å². The largest absolute Gasteiger partial charge is 0.457 e. The maximum Gasteiger partial charge on any atom is 0.259 e. The molecule has 0 radical (unpaired) electrons. The molecule has 1 aromatic heterocycles.